The highest BCUT2D eigenvalue weighted by molar-refractivity contribution is 6.06. The van der Waals surface area contributed by atoms with Crippen LogP contribution in [-0.4, -0.2) is 16.5 Å². The summed E-state index contributed by atoms with van der Waals surface area (Å²) in [6, 6.07) is 18.8. The van der Waals surface area contributed by atoms with E-state index in [1.165, 1.54) is 24.8 Å². The summed E-state index contributed by atoms with van der Waals surface area (Å²) < 4.78 is 2.10. The van der Waals surface area contributed by atoms with E-state index in [0.717, 1.165) is 29.3 Å². The van der Waals surface area contributed by atoms with E-state index in [0.29, 0.717) is 12.6 Å². The second kappa shape index (κ2) is 7.14. The van der Waals surface area contributed by atoms with Gasteiger partial charge in [0.25, 0.3) is 5.91 Å². The lowest BCUT2D eigenvalue weighted by Crippen LogP contribution is -2.37. The molecular weight excluding hydrogens is 308 g/mol. The quantitative estimate of drug-likeness (QED) is 0.735. The van der Waals surface area contributed by atoms with Crippen molar-refractivity contribution in [1.82, 2.24) is 9.88 Å². The van der Waals surface area contributed by atoms with Crippen molar-refractivity contribution in [3.8, 4) is 0 Å². The van der Waals surface area contributed by atoms with Gasteiger partial charge in [-0.25, -0.2) is 0 Å². The molecule has 0 bridgehead atoms. The van der Waals surface area contributed by atoms with Crippen LogP contribution in [0.25, 0.3) is 10.8 Å². The van der Waals surface area contributed by atoms with Crippen LogP contribution in [0.1, 0.15) is 48.2 Å². The van der Waals surface area contributed by atoms with Gasteiger partial charge in [-0.15, -0.1) is 0 Å². The van der Waals surface area contributed by atoms with E-state index < -0.39 is 0 Å². The fraction of sp³-hybridized carbons (Fsp3) is 0.318. The molecule has 25 heavy (non-hydrogen) atoms. The minimum atomic E-state index is 0.0593. The second-order valence-electron chi connectivity index (χ2n) is 6.99. The molecule has 0 saturated heterocycles. The lowest BCUT2D eigenvalue weighted by Gasteiger charge is -2.23. The summed E-state index contributed by atoms with van der Waals surface area (Å²) in [7, 11) is 0. The highest BCUT2D eigenvalue weighted by Crippen LogP contribution is 2.24. The van der Waals surface area contributed by atoms with Crippen molar-refractivity contribution in [3.63, 3.8) is 0 Å². The summed E-state index contributed by atoms with van der Waals surface area (Å²) in [4.78, 5) is 13.1. The Bertz CT molecular complexity index is 860. The van der Waals surface area contributed by atoms with Crippen molar-refractivity contribution in [2.75, 3.05) is 0 Å². The largest absolute Gasteiger partial charge is 0.348 e. The topological polar surface area (TPSA) is 34.0 Å². The molecule has 0 unspecified atom stereocenters. The molecule has 3 nitrogen and oxygen atoms in total. The van der Waals surface area contributed by atoms with Gasteiger partial charge in [0, 0.05) is 29.6 Å². The number of hydrogen-bond donors (Lipinski definition) is 1. The third-order valence-corrected chi connectivity index (χ3v) is 5.15. The summed E-state index contributed by atoms with van der Waals surface area (Å²) in [5.41, 5.74) is 1.99. The second-order valence-corrected chi connectivity index (χ2v) is 6.99. The van der Waals surface area contributed by atoms with Gasteiger partial charge in [0.2, 0.25) is 0 Å². The first-order chi connectivity index (χ1) is 12.3. The first-order valence-electron chi connectivity index (χ1n) is 9.24. The van der Waals surface area contributed by atoms with Crippen molar-refractivity contribution in [2.45, 2.75) is 44.7 Å². The van der Waals surface area contributed by atoms with Gasteiger partial charge in [-0.05, 0) is 18.4 Å². The zero-order chi connectivity index (χ0) is 17.1. The average Bonchev–Trinajstić information content (AvgIpc) is 3.01. The fourth-order valence-corrected chi connectivity index (χ4v) is 3.87. The summed E-state index contributed by atoms with van der Waals surface area (Å²) >= 11 is 0. The Morgan fingerprint density at radius 2 is 1.68 bits per heavy atom. The van der Waals surface area contributed by atoms with Crippen molar-refractivity contribution < 1.29 is 4.79 Å². The molecule has 1 aliphatic carbocycles. The number of carbonyl (C=O) groups is 1. The van der Waals surface area contributed by atoms with Crippen molar-refractivity contribution >= 4 is 16.7 Å². The van der Waals surface area contributed by atoms with Crippen molar-refractivity contribution in [3.05, 3.63) is 72.1 Å². The number of fused-ring (bicyclic) bond motifs is 1. The van der Waals surface area contributed by atoms with E-state index in [1.54, 1.807) is 0 Å². The lowest BCUT2D eigenvalue weighted by molar-refractivity contribution is 0.0920. The van der Waals surface area contributed by atoms with Crippen LogP contribution in [0.5, 0.6) is 0 Å². The maximum Gasteiger partial charge on any atom is 0.268 e. The summed E-state index contributed by atoms with van der Waals surface area (Å²) in [6.45, 7) is 0.711. The van der Waals surface area contributed by atoms with Crippen molar-refractivity contribution in [2.24, 2.45) is 0 Å². The van der Waals surface area contributed by atoms with Crippen LogP contribution >= 0.6 is 0 Å². The van der Waals surface area contributed by atoms with E-state index in [9.17, 15) is 4.79 Å². The molecule has 1 fully saturated rings. The van der Waals surface area contributed by atoms with Crippen LogP contribution in [0.4, 0.5) is 0 Å². The van der Waals surface area contributed by atoms with Crippen LogP contribution in [0.3, 0.4) is 0 Å². The Kier molecular flexibility index (Phi) is 4.55. The molecule has 0 atom stereocenters. The SMILES string of the molecule is O=C(NC1CCCCC1)c1c2ccccc2cn1Cc1ccccc1. The Balaban J connectivity index is 1.67. The molecule has 1 aliphatic rings. The number of aromatic nitrogens is 1. The monoisotopic (exact) mass is 332 g/mol. The van der Waals surface area contributed by atoms with Gasteiger partial charge in [0.05, 0.1) is 0 Å². The normalized spacial score (nSPS) is 15.4. The standard InChI is InChI=1S/C22H24N2O/c25-22(23-19-12-5-2-6-13-19)21-20-14-8-7-11-18(20)16-24(21)15-17-9-3-1-4-10-17/h1,3-4,7-11,14,16,19H,2,5-6,12-13,15H2,(H,23,25). The number of amides is 1. The lowest BCUT2D eigenvalue weighted by atomic mass is 9.95. The number of nitrogens with zero attached hydrogens (tertiary/aromatic N) is 1. The molecular formula is C22H24N2O. The number of nitrogens with one attached hydrogen (secondary N) is 1. The van der Waals surface area contributed by atoms with Crippen LogP contribution < -0.4 is 5.32 Å². The highest BCUT2D eigenvalue weighted by atomic mass is 16.2. The summed E-state index contributed by atoms with van der Waals surface area (Å²) in [5, 5.41) is 5.43. The van der Waals surface area contributed by atoms with Gasteiger partial charge in [-0.3, -0.25) is 4.79 Å². The summed E-state index contributed by atoms with van der Waals surface area (Å²) in [6.07, 6.45) is 8.03. The van der Waals surface area contributed by atoms with E-state index in [2.05, 4.69) is 34.3 Å². The average molecular weight is 332 g/mol. The van der Waals surface area contributed by atoms with E-state index in [-0.39, 0.29) is 5.91 Å². The van der Waals surface area contributed by atoms with E-state index in [4.69, 9.17) is 0 Å². The van der Waals surface area contributed by atoms with Gasteiger partial charge in [0.1, 0.15) is 5.69 Å². The first kappa shape index (κ1) is 15.9. The molecule has 1 heterocycles. The number of hydrogen-bond acceptors (Lipinski definition) is 1. The molecule has 3 heteroatoms. The molecule has 1 N–H and O–H groups in total. The Morgan fingerprint density at radius 1 is 0.960 bits per heavy atom. The van der Waals surface area contributed by atoms with Crippen molar-refractivity contribution in [1.29, 1.82) is 0 Å². The van der Waals surface area contributed by atoms with Gasteiger partial charge < -0.3 is 9.88 Å². The third-order valence-electron chi connectivity index (χ3n) is 5.15. The van der Waals surface area contributed by atoms with Crippen LogP contribution in [0.15, 0.2) is 60.8 Å². The zero-order valence-corrected chi connectivity index (χ0v) is 14.4. The maximum absolute atomic E-state index is 13.1. The molecule has 0 spiro atoms. The fourth-order valence-electron chi connectivity index (χ4n) is 3.87. The molecule has 128 valence electrons. The van der Waals surface area contributed by atoms with E-state index >= 15 is 0 Å². The van der Waals surface area contributed by atoms with Gasteiger partial charge in [0.15, 0.2) is 0 Å². The smallest absolute Gasteiger partial charge is 0.268 e. The number of rotatable bonds is 4. The van der Waals surface area contributed by atoms with Gasteiger partial charge in [-0.2, -0.15) is 0 Å². The van der Waals surface area contributed by atoms with Crippen LogP contribution in [0.2, 0.25) is 0 Å². The van der Waals surface area contributed by atoms with Gasteiger partial charge in [-0.1, -0.05) is 73.9 Å². The molecule has 0 radical (unpaired) electrons. The molecule has 2 aromatic carbocycles. The Labute approximate surface area is 148 Å². The minimum absolute atomic E-state index is 0.0593. The first-order valence-corrected chi connectivity index (χ1v) is 9.24. The predicted molar refractivity (Wildman–Crippen MR) is 102 cm³/mol. The Hall–Kier alpha value is -2.55. The highest BCUT2D eigenvalue weighted by Gasteiger charge is 2.21. The minimum Gasteiger partial charge on any atom is -0.348 e. The van der Waals surface area contributed by atoms with E-state index in [1.807, 2.05) is 36.4 Å². The number of benzene rings is 2. The molecule has 1 saturated carbocycles. The third kappa shape index (κ3) is 3.46. The molecule has 1 aromatic heterocycles. The molecule has 4 rings (SSSR count). The molecule has 1 amide bonds. The predicted octanol–water partition coefficient (Wildman–Crippen LogP) is 4.75. The zero-order valence-electron chi connectivity index (χ0n) is 14.4. The Morgan fingerprint density at radius 3 is 2.48 bits per heavy atom. The molecule has 0 aliphatic heterocycles. The summed E-state index contributed by atoms with van der Waals surface area (Å²) in [5.74, 6) is 0.0593. The van der Waals surface area contributed by atoms with Crippen LogP contribution in [-0.2, 0) is 6.54 Å². The number of carbonyl (C=O) groups excluding carboxylic acids is 1. The maximum atomic E-state index is 13.1. The molecule has 3 aromatic rings. The van der Waals surface area contributed by atoms with Crippen LogP contribution in [0, 0.1) is 0 Å². The van der Waals surface area contributed by atoms with Gasteiger partial charge >= 0.3 is 0 Å².